The topological polar surface area (TPSA) is 141 Å². The molecule has 33 heavy (non-hydrogen) atoms. The lowest BCUT2D eigenvalue weighted by molar-refractivity contribution is -0.127. The third kappa shape index (κ3) is 8.96. The number of nitrogens with zero attached hydrogens (tertiary/aromatic N) is 2. The van der Waals surface area contributed by atoms with Crippen LogP contribution in [0.2, 0.25) is 0 Å². The lowest BCUT2D eigenvalue weighted by Crippen LogP contribution is -2.53. The van der Waals surface area contributed by atoms with Crippen molar-refractivity contribution in [3.63, 3.8) is 0 Å². The Morgan fingerprint density at radius 2 is 1.55 bits per heavy atom. The summed E-state index contributed by atoms with van der Waals surface area (Å²) in [6.45, 7) is 5.78. The molecule has 2 unspecified atom stereocenters. The van der Waals surface area contributed by atoms with E-state index in [1.807, 2.05) is 26.8 Å². The van der Waals surface area contributed by atoms with Crippen molar-refractivity contribution in [2.75, 3.05) is 0 Å². The SMILES string of the molecule is CC(C)(C)Oc1ccc(CC(NC(=O)C(Cc2ccccc2)NC(=O)O)C(=O)C=[N+]=[N-])cc1. The van der Waals surface area contributed by atoms with Crippen molar-refractivity contribution in [1.82, 2.24) is 10.6 Å². The highest BCUT2D eigenvalue weighted by Gasteiger charge is 2.28. The van der Waals surface area contributed by atoms with Crippen LogP contribution in [-0.2, 0) is 22.4 Å². The summed E-state index contributed by atoms with van der Waals surface area (Å²) in [5, 5.41) is 13.9. The molecule has 0 saturated carbocycles. The molecule has 0 aliphatic carbocycles. The Kier molecular flexibility index (Phi) is 8.89. The van der Waals surface area contributed by atoms with E-state index in [0.717, 1.165) is 11.1 Å². The number of rotatable bonds is 10. The molecule has 9 heteroatoms. The number of ether oxygens (including phenoxy) is 1. The van der Waals surface area contributed by atoms with Crippen LogP contribution in [-0.4, -0.2) is 51.6 Å². The third-order valence-electron chi connectivity index (χ3n) is 4.53. The number of Topliss-reactive ketones (excluding diaryl/α,β-unsaturated/α-hetero) is 1. The number of amides is 2. The summed E-state index contributed by atoms with van der Waals surface area (Å²) in [4.78, 5) is 39.3. The lowest BCUT2D eigenvalue weighted by Gasteiger charge is -2.22. The third-order valence-corrected chi connectivity index (χ3v) is 4.53. The molecule has 9 nitrogen and oxygen atoms in total. The molecule has 2 aromatic carbocycles. The average molecular weight is 453 g/mol. The Balaban J connectivity index is 2.18. The van der Waals surface area contributed by atoms with Crippen LogP contribution in [0.3, 0.4) is 0 Å². The molecular weight excluding hydrogens is 424 g/mol. The van der Waals surface area contributed by atoms with Gasteiger partial charge in [-0.2, -0.15) is 4.79 Å². The molecule has 2 amide bonds. The van der Waals surface area contributed by atoms with Gasteiger partial charge in [-0.25, -0.2) is 4.79 Å². The molecule has 0 heterocycles. The van der Waals surface area contributed by atoms with Crippen molar-refractivity contribution in [2.45, 2.75) is 51.3 Å². The average Bonchev–Trinajstić information content (AvgIpc) is 2.73. The molecule has 0 aliphatic heterocycles. The second-order valence-electron chi connectivity index (χ2n) is 8.46. The van der Waals surface area contributed by atoms with E-state index in [1.165, 1.54) is 0 Å². The molecule has 0 spiro atoms. The number of ketones is 1. The fourth-order valence-electron chi connectivity index (χ4n) is 3.13. The van der Waals surface area contributed by atoms with Crippen LogP contribution >= 0.6 is 0 Å². The summed E-state index contributed by atoms with van der Waals surface area (Å²) < 4.78 is 5.78. The first-order valence-electron chi connectivity index (χ1n) is 10.4. The van der Waals surface area contributed by atoms with E-state index in [-0.39, 0.29) is 18.4 Å². The van der Waals surface area contributed by atoms with Gasteiger partial charge >= 0.3 is 12.3 Å². The number of carbonyl (C=O) groups is 3. The lowest BCUT2D eigenvalue weighted by atomic mass is 10.0. The highest BCUT2D eigenvalue weighted by Crippen LogP contribution is 2.19. The molecule has 0 saturated heterocycles. The Morgan fingerprint density at radius 3 is 2.09 bits per heavy atom. The summed E-state index contributed by atoms with van der Waals surface area (Å²) in [7, 11) is 0. The molecule has 0 aliphatic rings. The highest BCUT2D eigenvalue weighted by atomic mass is 16.5. The van der Waals surface area contributed by atoms with Crippen molar-refractivity contribution in [3.05, 3.63) is 71.3 Å². The van der Waals surface area contributed by atoms with E-state index in [1.54, 1.807) is 48.5 Å². The summed E-state index contributed by atoms with van der Waals surface area (Å²) in [5.41, 5.74) is 9.90. The number of nitrogens with one attached hydrogen (secondary N) is 2. The van der Waals surface area contributed by atoms with Crippen LogP contribution in [0.15, 0.2) is 54.6 Å². The van der Waals surface area contributed by atoms with Crippen molar-refractivity contribution in [3.8, 4) is 5.75 Å². The minimum absolute atomic E-state index is 0.104. The van der Waals surface area contributed by atoms with Crippen LogP contribution in [0.5, 0.6) is 5.75 Å². The number of carboxylic acid groups (broad SMARTS) is 1. The quantitative estimate of drug-likeness (QED) is 0.289. The first kappa shape index (κ1) is 25.3. The maximum atomic E-state index is 12.9. The van der Waals surface area contributed by atoms with Gasteiger partial charge in [0, 0.05) is 12.8 Å². The van der Waals surface area contributed by atoms with Crippen molar-refractivity contribution >= 4 is 24.0 Å². The second-order valence-corrected chi connectivity index (χ2v) is 8.46. The predicted octanol–water partition coefficient (Wildman–Crippen LogP) is 2.64. The monoisotopic (exact) mass is 452 g/mol. The first-order chi connectivity index (χ1) is 15.6. The molecule has 0 fully saturated rings. The standard InChI is InChI=1S/C24H28N4O5/c1-24(2,3)33-18-11-9-17(10-12-18)13-19(21(29)15-26-25)27-22(30)20(28-23(31)32)14-16-7-5-4-6-8-16/h4-12,15,19-20,28H,13-14H2,1-3H3,(H,27,30)(H,31,32). The van der Waals surface area contributed by atoms with Gasteiger partial charge < -0.3 is 26.0 Å². The van der Waals surface area contributed by atoms with E-state index < -0.39 is 29.9 Å². The van der Waals surface area contributed by atoms with Gasteiger partial charge in [-0.15, -0.1) is 0 Å². The molecule has 0 bridgehead atoms. The predicted molar refractivity (Wildman–Crippen MR) is 122 cm³/mol. The van der Waals surface area contributed by atoms with E-state index in [9.17, 15) is 14.4 Å². The van der Waals surface area contributed by atoms with Gasteiger partial charge in [0.2, 0.25) is 5.91 Å². The molecule has 2 atom stereocenters. The van der Waals surface area contributed by atoms with Gasteiger partial charge in [0.1, 0.15) is 23.4 Å². The zero-order chi connectivity index (χ0) is 24.4. The van der Waals surface area contributed by atoms with Gasteiger partial charge in [0.05, 0.1) is 0 Å². The maximum Gasteiger partial charge on any atom is 0.405 e. The summed E-state index contributed by atoms with van der Waals surface area (Å²) in [6, 6.07) is 13.8. The minimum atomic E-state index is -1.36. The second kappa shape index (κ2) is 11.6. The van der Waals surface area contributed by atoms with Crippen molar-refractivity contribution in [2.24, 2.45) is 0 Å². The van der Waals surface area contributed by atoms with Gasteiger partial charge in [-0.3, -0.25) is 9.59 Å². The zero-order valence-corrected chi connectivity index (χ0v) is 18.8. The molecule has 2 aromatic rings. The number of carbonyl (C=O) groups excluding carboxylic acids is 2. The fraction of sp³-hybridized carbons (Fsp3) is 0.333. The van der Waals surface area contributed by atoms with E-state index in [2.05, 4.69) is 15.4 Å². The fourth-order valence-corrected chi connectivity index (χ4v) is 3.13. The van der Waals surface area contributed by atoms with Crippen LogP contribution in [0.1, 0.15) is 31.9 Å². The van der Waals surface area contributed by atoms with Gasteiger partial charge in [0.15, 0.2) is 0 Å². The van der Waals surface area contributed by atoms with Gasteiger partial charge in [0.25, 0.3) is 5.78 Å². The number of benzene rings is 2. The van der Waals surface area contributed by atoms with E-state index in [4.69, 9.17) is 15.4 Å². The van der Waals surface area contributed by atoms with Gasteiger partial charge in [-0.05, 0) is 44.0 Å². The summed E-state index contributed by atoms with van der Waals surface area (Å²) in [6.07, 6.45) is -0.441. The molecule has 0 radical (unpaired) electrons. The van der Waals surface area contributed by atoms with Crippen molar-refractivity contribution in [1.29, 1.82) is 0 Å². The minimum Gasteiger partial charge on any atom is -0.488 e. The highest BCUT2D eigenvalue weighted by molar-refractivity contribution is 6.28. The first-order valence-corrected chi connectivity index (χ1v) is 10.4. The molecule has 0 aromatic heterocycles. The maximum absolute atomic E-state index is 12.9. The molecular formula is C24H28N4O5. The summed E-state index contributed by atoms with van der Waals surface area (Å²) in [5.74, 6) is -0.642. The number of hydrogen-bond donors (Lipinski definition) is 3. The van der Waals surface area contributed by atoms with Crippen LogP contribution < -0.4 is 15.4 Å². The van der Waals surface area contributed by atoms with E-state index in [0.29, 0.717) is 12.0 Å². The largest absolute Gasteiger partial charge is 0.488 e. The van der Waals surface area contributed by atoms with Gasteiger partial charge in [-0.1, -0.05) is 42.5 Å². The van der Waals surface area contributed by atoms with Crippen LogP contribution in [0.4, 0.5) is 4.79 Å². The zero-order valence-electron chi connectivity index (χ0n) is 18.8. The Morgan fingerprint density at radius 1 is 0.970 bits per heavy atom. The molecule has 2 rings (SSSR count). The van der Waals surface area contributed by atoms with Crippen molar-refractivity contribution < 1.29 is 29.0 Å². The van der Waals surface area contributed by atoms with E-state index >= 15 is 0 Å². The molecule has 3 N–H and O–H groups in total. The van der Waals surface area contributed by atoms with Crippen LogP contribution in [0, 0.1) is 0 Å². The number of hydrogen-bond acceptors (Lipinski definition) is 4. The Hall–Kier alpha value is -3.97. The smallest absolute Gasteiger partial charge is 0.405 e. The Labute approximate surface area is 192 Å². The summed E-state index contributed by atoms with van der Waals surface area (Å²) >= 11 is 0. The molecule has 174 valence electrons. The Bertz CT molecular complexity index is 1010. The van der Waals surface area contributed by atoms with Crippen LogP contribution in [0.25, 0.3) is 5.53 Å². The normalized spacial score (nSPS) is 12.6.